The van der Waals surface area contributed by atoms with Gasteiger partial charge in [0.15, 0.2) is 0 Å². The lowest BCUT2D eigenvalue weighted by atomic mass is 9.74. The summed E-state index contributed by atoms with van der Waals surface area (Å²) < 4.78 is 10.8. The van der Waals surface area contributed by atoms with Crippen molar-refractivity contribution in [2.75, 3.05) is 19.8 Å². The maximum absolute atomic E-state index is 12.0. The zero-order valence-electron chi connectivity index (χ0n) is 14.0. The minimum absolute atomic E-state index is 0.0971. The van der Waals surface area contributed by atoms with Crippen molar-refractivity contribution < 1.29 is 24.2 Å². The number of ether oxygens (including phenoxy) is 2. The number of nitrogens with one attached hydrogen (secondary N) is 1. The SMILES string of the molecule is CC1(NC(=O)COCCOc2ccccc2)CCCCC1C(=O)O. The van der Waals surface area contributed by atoms with Gasteiger partial charge in [-0.25, -0.2) is 0 Å². The first-order valence-electron chi connectivity index (χ1n) is 8.31. The molecule has 1 fully saturated rings. The molecule has 0 heterocycles. The van der Waals surface area contributed by atoms with Crippen LogP contribution in [0.15, 0.2) is 30.3 Å². The lowest BCUT2D eigenvalue weighted by molar-refractivity contribution is -0.147. The Kier molecular flexibility index (Phi) is 6.61. The molecule has 0 radical (unpaired) electrons. The first kappa shape index (κ1) is 18.3. The number of aliphatic carboxylic acids is 1. The number of rotatable bonds is 8. The van der Waals surface area contributed by atoms with Gasteiger partial charge in [-0.05, 0) is 31.9 Å². The zero-order valence-corrected chi connectivity index (χ0v) is 14.0. The summed E-state index contributed by atoms with van der Waals surface area (Å²) in [7, 11) is 0. The molecule has 6 nitrogen and oxygen atoms in total. The van der Waals surface area contributed by atoms with Gasteiger partial charge in [-0.2, -0.15) is 0 Å². The fourth-order valence-electron chi connectivity index (χ4n) is 3.13. The number of hydrogen-bond acceptors (Lipinski definition) is 4. The summed E-state index contributed by atoms with van der Waals surface area (Å²) in [5.74, 6) is -0.929. The molecular formula is C18H25NO5. The van der Waals surface area contributed by atoms with E-state index in [4.69, 9.17) is 9.47 Å². The molecule has 0 aromatic heterocycles. The van der Waals surface area contributed by atoms with E-state index < -0.39 is 17.4 Å². The fourth-order valence-corrected chi connectivity index (χ4v) is 3.13. The van der Waals surface area contributed by atoms with Crippen LogP contribution < -0.4 is 10.1 Å². The highest BCUT2D eigenvalue weighted by Crippen LogP contribution is 2.33. The van der Waals surface area contributed by atoms with Crippen LogP contribution in [0.5, 0.6) is 5.75 Å². The molecule has 2 atom stereocenters. The van der Waals surface area contributed by atoms with Crippen LogP contribution in [-0.4, -0.2) is 42.3 Å². The largest absolute Gasteiger partial charge is 0.491 e. The van der Waals surface area contributed by atoms with E-state index >= 15 is 0 Å². The smallest absolute Gasteiger partial charge is 0.308 e. The highest BCUT2D eigenvalue weighted by atomic mass is 16.5. The van der Waals surface area contributed by atoms with Crippen molar-refractivity contribution in [2.45, 2.75) is 38.1 Å². The van der Waals surface area contributed by atoms with Crippen molar-refractivity contribution in [3.05, 3.63) is 30.3 Å². The summed E-state index contributed by atoms with van der Waals surface area (Å²) in [6.45, 7) is 2.36. The Morgan fingerprint density at radius 1 is 1.25 bits per heavy atom. The number of carbonyl (C=O) groups is 2. The van der Waals surface area contributed by atoms with Gasteiger partial charge < -0.3 is 19.9 Å². The number of carboxylic acid groups (broad SMARTS) is 1. The topological polar surface area (TPSA) is 84.9 Å². The molecule has 2 unspecified atom stereocenters. The molecule has 1 aliphatic carbocycles. The van der Waals surface area contributed by atoms with Crippen molar-refractivity contribution in [1.29, 1.82) is 0 Å². The molecule has 1 aromatic rings. The Hall–Kier alpha value is -2.08. The van der Waals surface area contributed by atoms with Crippen LogP contribution in [0, 0.1) is 5.92 Å². The van der Waals surface area contributed by atoms with Gasteiger partial charge in [-0.3, -0.25) is 9.59 Å². The van der Waals surface area contributed by atoms with Gasteiger partial charge in [-0.15, -0.1) is 0 Å². The van der Waals surface area contributed by atoms with Gasteiger partial charge in [0.25, 0.3) is 0 Å². The Labute approximate surface area is 142 Å². The van der Waals surface area contributed by atoms with Crippen LogP contribution in [0.1, 0.15) is 32.6 Å². The third-order valence-electron chi connectivity index (χ3n) is 4.40. The second-order valence-electron chi connectivity index (χ2n) is 6.32. The van der Waals surface area contributed by atoms with Crippen LogP contribution in [0.4, 0.5) is 0 Å². The van der Waals surface area contributed by atoms with Gasteiger partial charge in [0.2, 0.25) is 5.91 Å². The third-order valence-corrected chi connectivity index (χ3v) is 4.40. The summed E-state index contributed by atoms with van der Waals surface area (Å²) in [4.78, 5) is 23.4. The number of para-hydroxylation sites is 1. The van der Waals surface area contributed by atoms with Crippen LogP contribution in [0.3, 0.4) is 0 Å². The maximum atomic E-state index is 12.0. The lowest BCUT2D eigenvalue weighted by Gasteiger charge is -2.39. The Morgan fingerprint density at radius 3 is 2.71 bits per heavy atom. The van der Waals surface area contributed by atoms with E-state index in [9.17, 15) is 14.7 Å². The molecule has 2 N–H and O–H groups in total. The summed E-state index contributed by atoms with van der Waals surface area (Å²) in [5, 5.41) is 12.2. The van der Waals surface area contributed by atoms with Crippen molar-refractivity contribution in [3.63, 3.8) is 0 Å². The molecule has 0 spiro atoms. The minimum atomic E-state index is -0.852. The first-order valence-corrected chi connectivity index (χ1v) is 8.31. The quantitative estimate of drug-likeness (QED) is 0.712. The fraction of sp³-hybridized carbons (Fsp3) is 0.556. The van der Waals surface area contributed by atoms with Gasteiger partial charge in [0, 0.05) is 0 Å². The molecule has 132 valence electrons. The Morgan fingerprint density at radius 2 is 2.00 bits per heavy atom. The van der Waals surface area contributed by atoms with Crippen LogP contribution in [0.25, 0.3) is 0 Å². The monoisotopic (exact) mass is 335 g/mol. The molecule has 2 rings (SSSR count). The van der Waals surface area contributed by atoms with Crippen molar-refractivity contribution in [1.82, 2.24) is 5.32 Å². The molecule has 1 saturated carbocycles. The van der Waals surface area contributed by atoms with E-state index in [0.717, 1.165) is 18.6 Å². The predicted molar refractivity (Wildman–Crippen MR) is 88.9 cm³/mol. The van der Waals surface area contributed by atoms with Crippen LogP contribution >= 0.6 is 0 Å². The summed E-state index contributed by atoms with van der Waals surface area (Å²) in [5.41, 5.74) is -0.703. The van der Waals surface area contributed by atoms with Crippen LogP contribution in [-0.2, 0) is 14.3 Å². The Balaban J connectivity index is 1.69. The highest BCUT2D eigenvalue weighted by molar-refractivity contribution is 5.80. The molecule has 6 heteroatoms. The molecule has 1 aliphatic rings. The number of amides is 1. The molecule has 24 heavy (non-hydrogen) atoms. The highest BCUT2D eigenvalue weighted by Gasteiger charge is 2.42. The van der Waals surface area contributed by atoms with Gasteiger partial charge >= 0.3 is 5.97 Å². The van der Waals surface area contributed by atoms with E-state index in [2.05, 4.69) is 5.32 Å². The predicted octanol–water partition coefficient (Wildman–Crippen LogP) is 2.23. The van der Waals surface area contributed by atoms with Crippen molar-refractivity contribution in [2.24, 2.45) is 5.92 Å². The summed E-state index contributed by atoms with van der Waals surface area (Å²) in [6, 6.07) is 9.37. The molecule has 1 aromatic carbocycles. The molecule has 1 amide bonds. The number of benzene rings is 1. The van der Waals surface area contributed by atoms with Crippen LogP contribution in [0.2, 0.25) is 0 Å². The van der Waals surface area contributed by atoms with Crippen molar-refractivity contribution >= 4 is 11.9 Å². The van der Waals surface area contributed by atoms with Crippen molar-refractivity contribution in [3.8, 4) is 5.75 Å². The summed E-state index contributed by atoms with van der Waals surface area (Å²) in [6.07, 6.45) is 3.08. The number of carbonyl (C=O) groups excluding carboxylic acids is 1. The first-order chi connectivity index (χ1) is 11.5. The molecular weight excluding hydrogens is 310 g/mol. The average Bonchev–Trinajstić information content (AvgIpc) is 2.55. The number of carboxylic acids is 1. The maximum Gasteiger partial charge on any atom is 0.308 e. The summed E-state index contributed by atoms with van der Waals surface area (Å²) >= 11 is 0. The Bertz CT molecular complexity index is 548. The van der Waals surface area contributed by atoms with E-state index in [1.807, 2.05) is 30.3 Å². The molecule has 0 aliphatic heterocycles. The number of hydrogen-bond donors (Lipinski definition) is 2. The van der Waals surface area contributed by atoms with E-state index in [1.54, 1.807) is 6.92 Å². The standard InChI is InChI=1S/C18H25NO5/c1-18(10-6-5-9-15(18)17(21)22)19-16(20)13-23-11-12-24-14-7-3-2-4-8-14/h2-4,7-8,15H,5-6,9-13H2,1H3,(H,19,20)(H,21,22). The second-order valence-corrected chi connectivity index (χ2v) is 6.32. The van der Waals surface area contributed by atoms with E-state index in [0.29, 0.717) is 26.1 Å². The molecule has 0 bridgehead atoms. The minimum Gasteiger partial charge on any atom is -0.491 e. The average molecular weight is 335 g/mol. The van der Waals surface area contributed by atoms with Gasteiger partial charge in [0.1, 0.15) is 19.0 Å². The normalized spacial score (nSPS) is 23.5. The third kappa shape index (κ3) is 5.23. The van der Waals surface area contributed by atoms with E-state index in [1.165, 1.54) is 0 Å². The zero-order chi connectivity index (χ0) is 17.4. The lowest BCUT2D eigenvalue weighted by Crippen LogP contribution is -2.56. The molecule has 0 saturated heterocycles. The van der Waals surface area contributed by atoms with Gasteiger partial charge in [-0.1, -0.05) is 31.0 Å². The van der Waals surface area contributed by atoms with E-state index in [-0.39, 0.29) is 12.5 Å². The second kappa shape index (κ2) is 8.68. The van der Waals surface area contributed by atoms with Gasteiger partial charge in [0.05, 0.1) is 18.1 Å².